The lowest BCUT2D eigenvalue weighted by molar-refractivity contribution is -0.184. The minimum absolute atomic E-state index is 0.0768. The molecule has 0 saturated carbocycles. The van der Waals surface area contributed by atoms with E-state index in [1.807, 2.05) is 13.8 Å². The number of nitrogens with zero attached hydrogens (tertiary/aromatic N) is 1. The summed E-state index contributed by atoms with van der Waals surface area (Å²) in [5.74, 6) is -0.154. The average Bonchev–Trinajstić information content (AvgIpc) is 2.27. The van der Waals surface area contributed by atoms with E-state index in [-0.39, 0.29) is 23.5 Å². The second-order valence-electron chi connectivity index (χ2n) is 5.77. The van der Waals surface area contributed by atoms with E-state index in [0.29, 0.717) is 39.0 Å². The Bertz CT molecular complexity index is 314. The average molecular weight is 255 g/mol. The highest BCUT2D eigenvalue weighted by Gasteiger charge is 2.37. The zero-order valence-corrected chi connectivity index (χ0v) is 11.1. The van der Waals surface area contributed by atoms with E-state index in [0.717, 1.165) is 6.42 Å². The van der Waals surface area contributed by atoms with Crippen LogP contribution in [0.5, 0.6) is 0 Å². The minimum Gasteiger partial charge on any atom is -0.353 e. The van der Waals surface area contributed by atoms with Crippen molar-refractivity contribution in [3.05, 3.63) is 0 Å². The molecule has 0 radical (unpaired) electrons. The number of hydrogen-bond acceptors (Lipinski definition) is 4. The number of ether oxygens (including phenoxy) is 2. The van der Waals surface area contributed by atoms with Crippen LogP contribution >= 0.6 is 0 Å². The molecule has 2 amide bonds. The highest BCUT2D eigenvalue weighted by molar-refractivity contribution is 5.98. The van der Waals surface area contributed by atoms with Crippen molar-refractivity contribution in [1.29, 1.82) is 0 Å². The van der Waals surface area contributed by atoms with E-state index in [9.17, 15) is 9.59 Å². The monoisotopic (exact) mass is 255 g/mol. The SMILES string of the molecule is CC1(C)CC(=O)N(CCC2OCCCO2)C(=O)C1. The first-order chi connectivity index (χ1) is 8.48. The van der Waals surface area contributed by atoms with E-state index >= 15 is 0 Å². The van der Waals surface area contributed by atoms with Crippen LogP contribution in [0, 0.1) is 5.41 Å². The first-order valence-electron chi connectivity index (χ1n) is 6.54. The van der Waals surface area contributed by atoms with E-state index in [2.05, 4.69) is 0 Å². The molecule has 2 aliphatic heterocycles. The van der Waals surface area contributed by atoms with Gasteiger partial charge in [-0.05, 0) is 11.8 Å². The third-order valence-electron chi connectivity index (χ3n) is 3.35. The van der Waals surface area contributed by atoms with Crippen molar-refractivity contribution in [3.63, 3.8) is 0 Å². The van der Waals surface area contributed by atoms with Gasteiger partial charge in [-0.25, -0.2) is 0 Å². The molecule has 0 N–H and O–H groups in total. The molecule has 0 aromatic rings. The molecule has 5 heteroatoms. The zero-order chi connectivity index (χ0) is 13.2. The number of piperidine rings is 1. The lowest BCUT2D eigenvalue weighted by atomic mass is 9.82. The maximum absolute atomic E-state index is 11.9. The third-order valence-corrected chi connectivity index (χ3v) is 3.35. The lowest BCUT2D eigenvalue weighted by Crippen LogP contribution is -2.47. The van der Waals surface area contributed by atoms with Crippen LogP contribution in [0.15, 0.2) is 0 Å². The highest BCUT2D eigenvalue weighted by atomic mass is 16.7. The molecule has 5 nitrogen and oxygen atoms in total. The Balaban J connectivity index is 1.85. The Kier molecular flexibility index (Phi) is 4.02. The number of likely N-dealkylation sites (tertiary alicyclic amines) is 1. The summed E-state index contributed by atoms with van der Waals surface area (Å²) in [6.45, 7) is 5.69. The summed E-state index contributed by atoms with van der Waals surface area (Å²) in [6.07, 6.45) is 2.08. The molecule has 2 aliphatic rings. The first-order valence-corrected chi connectivity index (χ1v) is 6.54. The smallest absolute Gasteiger partial charge is 0.229 e. The van der Waals surface area contributed by atoms with Crippen molar-refractivity contribution < 1.29 is 19.1 Å². The maximum Gasteiger partial charge on any atom is 0.229 e. The van der Waals surface area contributed by atoms with E-state index < -0.39 is 0 Å². The Morgan fingerprint density at radius 1 is 1.17 bits per heavy atom. The van der Waals surface area contributed by atoms with Gasteiger partial charge in [0.15, 0.2) is 6.29 Å². The Hall–Kier alpha value is -0.940. The fraction of sp³-hybridized carbons (Fsp3) is 0.846. The fourth-order valence-corrected chi connectivity index (χ4v) is 2.40. The number of carbonyl (C=O) groups is 2. The van der Waals surface area contributed by atoms with Crippen molar-refractivity contribution >= 4 is 11.8 Å². The number of hydrogen-bond donors (Lipinski definition) is 0. The standard InChI is InChI=1S/C13H21NO4/c1-13(2)8-10(15)14(11(16)9-13)5-4-12-17-6-3-7-18-12/h12H,3-9H2,1-2H3. The van der Waals surface area contributed by atoms with E-state index in [4.69, 9.17) is 9.47 Å². The number of rotatable bonds is 3. The second kappa shape index (κ2) is 5.36. The molecule has 102 valence electrons. The molecule has 0 aromatic heterocycles. The molecule has 2 heterocycles. The van der Waals surface area contributed by atoms with Gasteiger partial charge in [-0.1, -0.05) is 13.8 Å². The second-order valence-corrected chi connectivity index (χ2v) is 5.77. The van der Waals surface area contributed by atoms with Gasteiger partial charge < -0.3 is 9.47 Å². The maximum atomic E-state index is 11.9. The fourth-order valence-electron chi connectivity index (χ4n) is 2.40. The minimum atomic E-state index is -0.269. The quantitative estimate of drug-likeness (QED) is 0.714. The van der Waals surface area contributed by atoms with Crippen LogP contribution < -0.4 is 0 Å². The van der Waals surface area contributed by atoms with Crippen LogP contribution in [0.1, 0.15) is 39.5 Å². The highest BCUT2D eigenvalue weighted by Crippen LogP contribution is 2.31. The van der Waals surface area contributed by atoms with Crippen LogP contribution in [0.25, 0.3) is 0 Å². The lowest BCUT2D eigenvalue weighted by Gasteiger charge is -2.35. The zero-order valence-electron chi connectivity index (χ0n) is 11.1. The Morgan fingerprint density at radius 2 is 1.72 bits per heavy atom. The van der Waals surface area contributed by atoms with Gasteiger partial charge in [0.1, 0.15) is 0 Å². The molecular formula is C13H21NO4. The molecule has 0 bridgehead atoms. The van der Waals surface area contributed by atoms with Gasteiger partial charge in [0, 0.05) is 25.8 Å². The van der Waals surface area contributed by atoms with E-state index in [1.165, 1.54) is 4.90 Å². The molecule has 0 atom stereocenters. The van der Waals surface area contributed by atoms with Crippen LogP contribution in [-0.2, 0) is 19.1 Å². The predicted octanol–water partition coefficient (Wildman–Crippen LogP) is 1.31. The summed E-state index contributed by atoms with van der Waals surface area (Å²) in [5.41, 5.74) is -0.206. The largest absolute Gasteiger partial charge is 0.353 e. The van der Waals surface area contributed by atoms with Crippen molar-refractivity contribution in [2.24, 2.45) is 5.41 Å². The van der Waals surface area contributed by atoms with Crippen LogP contribution in [0.2, 0.25) is 0 Å². The van der Waals surface area contributed by atoms with Crippen molar-refractivity contribution in [2.45, 2.75) is 45.8 Å². The van der Waals surface area contributed by atoms with Crippen molar-refractivity contribution in [2.75, 3.05) is 19.8 Å². The van der Waals surface area contributed by atoms with Crippen molar-refractivity contribution in [1.82, 2.24) is 4.90 Å². The van der Waals surface area contributed by atoms with Gasteiger partial charge >= 0.3 is 0 Å². The molecule has 18 heavy (non-hydrogen) atoms. The van der Waals surface area contributed by atoms with Crippen LogP contribution in [0.3, 0.4) is 0 Å². The molecule has 0 aromatic carbocycles. The summed E-state index contributed by atoms with van der Waals surface area (Å²) in [5, 5.41) is 0. The van der Waals surface area contributed by atoms with Gasteiger partial charge in [0.05, 0.1) is 13.2 Å². The topological polar surface area (TPSA) is 55.8 Å². The number of amides is 2. The van der Waals surface area contributed by atoms with Gasteiger partial charge in [-0.3, -0.25) is 14.5 Å². The van der Waals surface area contributed by atoms with Gasteiger partial charge in [-0.2, -0.15) is 0 Å². The summed E-state index contributed by atoms with van der Waals surface area (Å²) in [6, 6.07) is 0. The first kappa shape index (κ1) is 13.5. The third kappa shape index (κ3) is 3.29. The summed E-state index contributed by atoms with van der Waals surface area (Å²) >= 11 is 0. The summed E-state index contributed by atoms with van der Waals surface area (Å²) < 4.78 is 10.8. The predicted molar refractivity (Wildman–Crippen MR) is 64.7 cm³/mol. The molecular weight excluding hydrogens is 234 g/mol. The molecule has 0 aliphatic carbocycles. The van der Waals surface area contributed by atoms with Gasteiger partial charge in [0.2, 0.25) is 11.8 Å². The summed E-state index contributed by atoms with van der Waals surface area (Å²) in [7, 11) is 0. The van der Waals surface area contributed by atoms with Gasteiger partial charge in [0.25, 0.3) is 0 Å². The number of carbonyl (C=O) groups excluding carboxylic acids is 2. The normalized spacial score (nSPS) is 25.6. The Morgan fingerprint density at radius 3 is 2.28 bits per heavy atom. The number of imide groups is 1. The molecule has 2 rings (SSSR count). The summed E-state index contributed by atoms with van der Waals surface area (Å²) in [4.78, 5) is 25.2. The van der Waals surface area contributed by atoms with Crippen LogP contribution in [0.4, 0.5) is 0 Å². The van der Waals surface area contributed by atoms with Gasteiger partial charge in [-0.15, -0.1) is 0 Å². The van der Waals surface area contributed by atoms with Crippen molar-refractivity contribution in [3.8, 4) is 0 Å². The molecule has 2 fully saturated rings. The molecule has 0 unspecified atom stereocenters. The van der Waals surface area contributed by atoms with Crippen LogP contribution in [-0.4, -0.2) is 42.8 Å². The molecule has 0 spiro atoms. The molecule has 2 saturated heterocycles. The Labute approximate surface area is 107 Å². The van der Waals surface area contributed by atoms with E-state index in [1.54, 1.807) is 0 Å².